The highest BCUT2D eigenvalue weighted by atomic mass is 16.4. The number of nitrogens with two attached hydrogens (primary N) is 1. The number of hydrogen-bond donors (Lipinski definition) is 2. The lowest BCUT2D eigenvalue weighted by Crippen LogP contribution is -1.99. The molecule has 3 N–H and O–H groups in total. The predicted octanol–water partition coefficient (Wildman–Crippen LogP) is 5.02. The van der Waals surface area contributed by atoms with E-state index in [2.05, 4.69) is 11.9 Å². The molecule has 0 bridgehead atoms. The van der Waals surface area contributed by atoms with Crippen molar-refractivity contribution in [1.29, 1.82) is 0 Å². The van der Waals surface area contributed by atoms with E-state index in [4.69, 9.17) is 10.8 Å². The highest BCUT2D eigenvalue weighted by Gasteiger charge is 2.03. The summed E-state index contributed by atoms with van der Waals surface area (Å²) in [7, 11) is 0. The summed E-state index contributed by atoms with van der Waals surface area (Å²) in [5, 5.41) is 9.63. The summed E-state index contributed by atoms with van der Waals surface area (Å²) in [6.07, 6.45) is 11.0. The number of carboxylic acid groups (broad SMARTS) is 1. The molecule has 0 radical (unpaired) electrons. The number of pyridine rings is 1. The van der Waals surface area contributed by atoms with Gasteiger partial charge in [-0.3, -0.25) is 0 Å². The molecule has 0 amide bonds. The maximum absolute atomic E-state index is 10.6. The Morgan fingerprint density at radius 2 is 1.58 bits per heavy atom. The highest BCUT2D eigenvalue weighted by Crippen LogP contribution is 2.11. The van der Waals surface area contributed by atoms with Crippen LogP contribution in [-0.2, 0) is 0 Å². The van der Waals surface area contributed by atoms with Gasteiger partial charge >= 0.3 is 5.97 Å². The van der Waals surface area contributed by atoms with Gasteiger partial charge in [0.15, 0.2) is 0 Å². The maximum atomic E-state index is 10.6. The van der Waals surface area contributed by atoms with Gasteiger partial charge in [0.1, 0.15) is 5.69 Å². The fraction of sp³-hybridized carbons (Fsp3) is 0.500. The molecule has 1 heterocycles. The van der Waals surface area contributed by atoms with Crippen molar-refractivity contribution in [2.75, 3.05) is 6.54 Å². The molecule has 2 aromatic rings. The van der Waals surface area contributed by atoms with Gasteiger partial charge < -0.3 is 10.8 Å². The second-order valence-corrected chi connectivity index (χ2v) is 5.96. The number of nitrogens with zero attached hydrogens (tertiary/aromatic N) is 1. The number of aromatic nitrogens is 1. The summed E-state index contributed by atoms with van der Waals surface area (Å²) in [6, 6.07) is 10.7. The first kappa shape index (κ1) is 20.1. The molecule has 4 nitrogen and oxygen atoms in total. The molecule has 0 aliphatic rings. The van der Waals surface area contributed by atoms with Gasteiger partial charge in [0.25, 0.3) is 0 Å². The van der Waals surface area contributed by atoms with Crippen molar-refractivity contribution in [1.82, 2.24) is 4.98 Å². The Hall–Kier alpha value is -1.94. The summed E-state index contributed by atoms with van der Waals surface area (Å²) in [5.74, 6) is -0.995. The number of para-hydroxylation sites is 1. The van der Waals surface area contributed by atoms with E-state index in [1.807, 2.05) is 18.2 Å². The number of benzene rings is 1. The van der Waals surface area contributed by atoms with E-state index < -0.39 is 5.97 Å². The van der Waals surface area contributed by atoms with Gasteiger partial charge in [0.05, 0.1) is 5.52 Å². The number of unbranched alkanes of at least 4 members (excludes halogenated alkanes) is 7. The van der Waals surface area contributed by atoms with Crippen LogP contribution in [0, 0.1) is 0 Å². The third kappa shape index (κ3) is 8.06. The van der Waals surface area contributed by atoms with Gasteiger partial charge in [-0.1, -0.05) is 76.1 Å². The summed E-state index contributed by atoms with van der Waals surface area (Å²) < 4.78 is 0. The molecule has 4 heteroatoms. The van der Waals surface area contributed by atoms with E-state index >= 15 is 0 Å². The van der Waals surface area contributed by atoms with E-state index in [0.717, 1.165) is 11.9 Å². The second-order valence-electron chi connectivity index (χ2n) is 5.96. The molecule has 132 valence electrons. The molecule has 1 aromatic heterocycles. The lowest BCUT2D eigenvalue weighted by Gasteiger charge is -1.99. The van der Waals surface area contributed by atoms with Gasteiger partial charge in [0.2, 0.25) is 0 Å². The first-order valence-corrected chi connectivity index (χ1v) is 8.98. The Bertz CT molecular complexity index is 591. The third-order valence-electron chi connectivity index (χ3n) is 3.88. The maximum Gasteiger partial charge on any atom is 0.354 e. The quantitative estimate of drug-likeness (QED) is 0.633. The first-order chi connectivity index (χ1) is 11.7. The molecule has 0 saturated heterocycles. The summed E-state index contributed by atoms with van der Waals surface area (Å²) >= 11 is 0. The van der Waals surface area contributed by atoms with Crippen LogP contribution in [0.1, 0.15) is 68.8 Å². The van der Waals surface area contributed by atoms with Crippen LogP contribution in [0.3, 0.4) is 0 Å². The molecule has 0 aliphatic carbocycles. The molecule has 0 unspecified atom stereocenters. The lowest BCUT2D eigenvalue weighted by atomic mass is 10.1. The van der Waals surface area contributed by atoms with Crippen molar-refractivity contribution >= 4 is 16.9 Å². The van der Waals surface area contributed by atoms with Crippen molar-refractivity contribution in [2.45, 2.75) is 58.3 Å². The monoisotopic (exact) mass is 330 g/mol. The standard InChI is InChI=1S/C10H7NO2.C10H23N/c12-10(13)9-6-5-7-3-1-2-4-8(7)11-9;1-2-3-4-5-6-7-8-9-10-11/h1-6H,(H,12,13);2-11H2,1H3. The number of rotatable bonds is 9. The largest absolute Gasteiger partial charge is 0.477 e. The number of carbonyl (C=O) groups is 1. The van der Waals surface area contributed by atoms with Crippen molar-refractivity contribution in [3.8, 4) is 0 Å². The summed E-state index contributed by atoms with van der Waals surface area (Å²) in [5.41, 5.74) is 6.18. The van der Waals surface area contributed by atoms with Crippen molar-refractivity contribution in [2.24, 2.45) is 5.73 Å². The van der Waals surface area contributed by atoms with Gasteiger partial charge in [-0.2, -0.15) is 0 Å². The topological polar surface area (TPSA) is 76.2 Å². The molecule has 0 spiro atoms. The zero-order valence-electron chi connectivity index (χ0n) is 14.7. The molecular weight excluding hydrogens is 300 g/mol. The summed E-state index contributed by atoms with van der Waals surface area (Å²) in [6.45, 7) is 3.13. The molecule has 24 heavy (non-hydrogen) atoms. The normalized spacial score (nSPS) is 10.2. The molecule has 0 atom stereocenters. The second kappa shape index (κ2) is 12.5. The minimum Gasteiger partial charge on any atom is -0.477 e. The van der Waals surface area contributed by atoms with E-state index in [-0.39, 0.29) is 5.69 Å². The van der Waals surface area contributed by atoms with E-state index in [1.165, 1.54) is 57.4 Å². The van der Waals surface area contributed by atoms with Gasteiger partial charge in [-0.05, 0) is 25.1 Å². The molecular formula is C20H30N2O2. The number of carboxylic acids is 1. The van der Waals surface area contributed by atoms with Gasteiger partial charge in [0, 0.05) is 5.39 Å². The van der Waals surface area contributed by atoms with Crippen molar-refractivity contribution in [3.63, 3.8) is 0 Å². The van der Waals surface area contributed by atoms with Gasteiger partial charge in [-0.15, -0.1) is 0 Å². The van der Waals surface area contributed by atoms with E-state index in [9.17, 15) is 4.79 Å². The molecule has 0 aliphatic heterocycles. The Kier molecular flexibility index (Phi) is 10.5. The van der Waals surface area contributed by atoms with Gasteiger partial charge in [-0.25, -0.2) is 9.78 Å². The Labute approximate surface area is 145 Å². The van der Waals surface area contributed by atoms with Crippen LogP contribution in [0.4, 0.5) is 0 Å². The number of hydrogen-bond acceptors (Lipinski definition) is 3. The van der Waals surface area contributed by atoms with Crippen LogP contribution in [0.2, 0.25) is 0 Å². The Morgan fingerprint density at radius 3 is 2.21 bits per heavy atom. The average molecular weight is 330 g/mol. The zero-order chi connectivity index (χ0) is 17.6. The number of fused-ring (bicyclic) bond motifs is 1. The minimum absolute atomic E-state index is 0.0821. The van der Waals surface area contributed by atoms with Crippen molar-refractivity contribution in [3.05, 3.63) is 42.1 Å². The lowest BCUT2D eigenvalue weighted by molar-refractivity contribution is 0.0691. The highest BCUT2D eigenvalue weighted by molar-refractivity contribution is 5.89. The minimum atomic E-state index is -0.995. The van der Waals surface area contributed by atoms with Crippen LogP contribution in [-0.4, -0.2) is 22.6 Å². The van der Waals surface area contributed by atoms with E-state index in [1.54, 1.807) is 12.1 Å². The SMILES string of the molecule is CCCCCCCCCCN.O=C(O)c1ccc2ccccc2n1. The van der Waals surface area contributed by atoms with Crippen LogP contribution >= 0.6 is 0 Å². The van der Waals surface area contributed by atoms with E-state index in [0.29, 0.717) is 5.52 Å². The molecule has 1 aromatic carbocycles. The van der Waals surface area contributed by atoms with Crippen LogP contribution in [0.5, 0.6) is 0 Å². The summed E-state index contributed by atoms with van der Waals surface area (Å²) in [4.78, 5) is 14.6. The van der Waals surface area contributed by atoms with Crippen molar-refractivity contribution < 1.29 is 9.90 Å². The predicted molar refractivity (Wildman–Crippen MR) is 100 cm³/mol. The fourth-order valence-electron chi connectivity index (χ4n) is 2.46. The first-order valence-electron chi connectivity index (χ1n) is 8.98. The smallest absolute Gasteiger partial charge is 0.354 e. The number of aromatic carboxylic acids is 1. The Balaban J connectivity index is 0.000000245. The fourth-order valence-corrected chi connectivity index (χ4v) is 2.46. The Morgan fingerprint density at radius 1 is 0.958 bits per heavy atom. The molecule has 0 saturated carbocycles. The van der Waals surface area contributed by atoms with Crippen LogP contribution in [0.15, 0.2) is 36.4 Å². The molecule has 0 fully saturated rings. The van der Waals surface area contributed by atoms with Crippen LogP contribution in [0.25, 0.3) is 10.9 Å². The average Bonchev–Trinajstić information content (AvgIpc) is 2.61. The molecule has 2 rings (SSSR count). The van der Waals surface area contributed by atoms with Crippen LogP contribution < -0.4 is 5.73 Å². The third-order valence-corrected chi connectivity index (χ3v) is 3.88. The zero-order valence-corrected chi connectivity index (χ0v) is 14.7.